The van der Waals surface area contributed by atoms with Crippen molar-refractivity contribution < 1.29 is 17.9 Å². The molecule has 0 saturated carbocycles. The lowest BCUT2D eigenvalue weighted by Gasteiger charge is -2.20. The number of sulfonamides is 1. The minimum Gasteiger partial charge on any atom is -0.383 e. The highest BCUT2D eigenvalue weighted by Gasteiger charge is 2.23. The Kier molecular flexibility index (Phi) is 7.34. The van der Waals surface area contributed by atoms with Crippen molar-refractivity contribution in [1.29, 1.82) is 0 Å². The average molecular weight is 476 g/mol. The van der Waals surface area contributed by atoms with E-state index >= 15 is 0 Å². The summed E-state index contributed by atoms with van der Waals surface area (Å²) in [5.74, 6) is -0.418. The summed E-state index contributed by atoms with van der Waals surface area (Å²) in [4.78, 5) is 18.0. The van der Waals surface area contributed by atoms with Gasteiger partial charge in [0, 0.05) is 32.3 Å². The van der Waals surface area contributed by atoms with Crippen LogP contribution in [-0.2, 0) is 21.3 Å². The van der Waals surface area contributed by atoms with Crippen LogP contribution in [0.4, 0.5) is 0 Å². The van der Waals surface area contributed by atoms with E-state index in [-0.39, 0.29) is 10.9 Å². The predicted molar refractivity (Wildman–Crippen MR) is 128 cm³/mol. The molecule has 0 spiro atoms. The van der Waals surface area contributed by atoms with Crippen molar-refractivity contribution in [2.24, 2.45) is 4.99 Å². The number of benzene rings is 2. The molecule has 0 aliphatic heterocycles. The number of carbonyl (C=O) groups excluding carboxylic acids is 1. The predicted octanol–water partition coefficient (Wildman–Crippen LogP) is 3.74. The molecule has 0 atom stereocenters. The van der Waals surface area contributed by atoms with Gasteiger partial charge in [-0.1, -0.05) is 17.4 Å². The molecular weight excluding hydrogens is 446 g/mol. The number of hydrogen-bond acceptors (Lipinski definition) is 5. The standard InChI is InChI=1S/C23H29N3O4S2/c1-15(2)25(5)32(28,29)19-9-7-18(8-10-19)22(27)24-23-26(11-12-30-6)20-14-16(3)13-17(4)21(20)31-23/h7-10,13-15H,11-12H2,1-6H3. The summed E-state index contributed by atoms with van der Waals surface area (Å²) in [5, 5.41) is 0. The molecule has 3 rings (SSSR count). The lowest BCUT2D eigenvalue weighted by Crippen LogP contribution is -2.33. The Labute approximate surface area is 193 Å². The fourth-order valence-corrected chi connectivity index (χ4v) is 5.83. The average Bonchev–Trinajstić information content (AvgIpc) is 3.08. The molecule has 0 unspecified atom stereocenters. The van der Waals surface area contributed by atoms with E-state index in [4.69, 9.17) is 4.74 Å². The zero-order valence-electron chi connectivity index (χ0n) is 19.2. The molecular formula is C23H29N3O4S2. The van der Waals surface area contributed by atoms with Crippen molar-refractivity contribution in [2.45, 2.75) is 45.2 Å². The highest BCUT2D eigenvalue weighted by molar-refractivity contribution is 7.89. The van der Waals surface area contributed by atoms with Crippen LogP contribution in [0.2, 0.25) is 0 Å². The Morgan fingerprint density at radius 1 is 1.19 bits per heavy atom. The van der Waals surface area contributed by atoms with Crippen molar-refractivity contribution in [3.05, 3.63) is 57.9 Å². The maximum Gasteiger partial charge on any atom is 0.279 e. The minimum atomic E-state index is -3.61. The van der Waals surface area contributed by atoms with Crippen molar-refractivity contribution in [3.63, 3.8) is 0 Å². The third-order valence-electron chi connectivity index (χ3n) is 5.34. The lowest BCUT2D eigenvalue weighted by molar-refractivity contribution is 0.0997. The van der Waals surface area contributed by atoms with Crippen LogP contribution in [0.25, 0.3) is 10.2 Å². The first-order valence-corrected chi connectivity index (χ1v) is 12.6. The van der Waals surface area contributed by atoms with Gasteiger partial charge in [-0.05, 0) is 69.2 Å². The number of aromatic nitrogens is 1. The smallest absolute Gasteiger partial charge is 0.279 e. The molecule has 1 amide bonds. The number of aryl methyl sites for hydroxylation is 2. The molecule has 0 N–H and O–H groups in total. The fourth-order valence-electron chi connectivity index (χ4n) is 3.36. The summed E-state index contributed by atoms with van der Waals surface area (Å²) in [6, 6.07) is 9.95. The molecule has 3 aromatic rings. The highest BCUT2D eigenvalue weighted by atomic mass is 32.2. The van der Waals surface area contributed by atoms with Gasteiger partial charge in [0.15, 0.2) is 4.80 Å². The first kappa shape index (κ1) is 24.3. The van der Waals surface area contributed by atoms with Crippen LogP contribution < -0.4 is 4.80 Å². The summed E-state index contributed by atoms with van der Waals surface area (Å²) in [5.41, 5.74) is 3.63. The summed E-state index contributed by atoms with van der Waals surface area (Å²) in [6.45, 7) is 8.77. The topological polar surface area (TPSA) is 81.0 Å². The van der Waals surface area contributed by atoms with Gasteiger partial charge >= 0.3 is 0 Å². The van der Waals surface area contributed by atoms with Gasteiger partial charge in [0.2, 0.25) is 10.0 Å². The molecule has 0 aliphatic carbocycles. The summed E-state index contributed by atoms with van der Waals surface area (Å²) in [6.07, 6.45) is 0. The minimum absolute atomic E-state index is 0.147. The van der Waals surface area contributed by atoms with Gasteiger partial charge < -0.3 is 9.30 Å². The second kappa shape index (κ2) is 9.66. The Hall–Kier alpha value is -2.33. The summed E-state index contributed by atoms with van der Waals surface area (Å²) >= 11 is 1.46. The van der Waals surface area contributed by atoms with Crippen LogP contribution >= 0.6 is 11.3 Å². The van der Waals surface area contributed by atoms with E-state index in [1.54, 1.807) is 28.0 Å². The van der Waals surface area contributed by atoms with Crippen LogP contribution in [0.1, 0.15) is 35.3 Å². The fraction of sp³-hybridized carbons (Fsp3) is 0.391. The maximum absolute atomic E-state index is 12.9. The van der Waals surface area contributed by atoms with Gasteiger partial charge in [-0.15, -0.1) is 0 Å². The molecule has 9 heteroatoms. The Morgan fingerprint density at radius 2 is 1.84 bits per heavy atom. The van der Waals surface area contributed by atoms with Gasteiger partial charge in [0.05, 0.1) is 21.7 Å². The quantitative estimate of drug-likeness (QED) is 0.521. The molecule has 1 heterocycles. The van der Waals surface area contributed by atoms with Crippen LogP contribution in [0.5, 0.6) is 0 Å². The van der Waals surface area contributed by atoms with Gasteiger partial charge in [-0.2, -0.15) is 9.30 Å². The van der Waals surface area contributed by atoms with Gasteiger partial charge in [-0.25, -0.2) is 8.42 Å². The molecule has 0 saturated heterocycles. The third kappa shape index (κ3) is 4.85. The molecule has 7 nitrogen and oxygen atoms in total. The van der Waals surface area contributed by atoms with E-state index in [1.165, 1.54) is 39.9 Å². The van der Waals surface area contributed by atoms with E-state index in [2.05, 4.69) is 17.1 Å². The Morgan fingerprint density at radius 3 is 2.44 bits per heavy atom. The van der Waals surface area contributed by atoms with Crippen LogP contribution in [0.15, 0.2) is 46.3 Å². The van der Waals surface area contributed by atoms with E-state index in [0.29, 0.717) is 23.5 Å². The molecule has 32 heavy (non-hydrogen) atoms. The number of methoxy groups -OCH3 is 1. The van der Waals surface area contributed by atoms with Crippen molar-refractivity contribution >= 4 is 37.5 Å². The Balaban J connectivity index is 2.02. The van der Waals surface area contributed by atoms with Crippen molar-refractivity contribution in [2.75, 3.05) is 20.8 Å². The number of thiazole rings is 1. The number of rotatable bonds is 7. The van der Waals surface area contributed by atoms with Gasteiger partial charge in [0.25, 0.3) is 5.91 Å². The number of nitrogens with zero attached hydrogens (tertiary/aromatic N) is 3. The van der Waals surface area contributed by atoms with E-state index in [1.807, 2.05) is 18.4 Å². The molecule has 0 aliphatic rings. The monoisotopic (exact) mass is 475 g/mol. The molecule has 2 aromatic carbocycles. The SMILES string of the molecule is COCCn1c(=NC(=O)c2ccc(S(=O)(=O)N(C)C(C)C)cc2)sc2c(C)cc(C)cc21. The zero-order chi connectivity index (χ0) is 23.6. The van der Waals surface area contributed by atoms with Crippen LogP contribution in [-0.4, -0.2) is 50.0 Å². The second-order valence-electron chi connectivity index (χ2n) is 8.02. The van der Waals surface area contributed by atoms with Crippen LogP contribution in [0, 0.1) is 13.8 Å². The molecule has 172 valence electrons. The molecule has 0 fully saturated rings. The van der Waals surface area contributed by atoms with Gasteiger partial charge in [-0.3, -0.25) is 4.79 Å². The highest BCUT2D eigenvalue weighted by Crippen LogP contribution is 2.24. The lowest BCUT2D eigenvalue weighted by atomic mass is 10.1. The molecule has 1 aromatic heterocycles. The van der Waals surface area contributed by atoms with E-state index in [9.17, 15) is 13.2 Å². The number of amides is 1. The number of fused-ring (bicyclic) bond motifs is 1. The second-order valence-corrected chi connectivity index (χ2v) is 11.0. The molecule has 0 radical (unpaired) electrons. The number of ether oxygens (including phenoxy) is 1. The molecule has 0 bridgehead atoms. The van der Waals surface area contributed by atoms with Crippen molar-refractivity contribution in [1.82, 2.24) is 8.87 Å². The normalized spacial score (nSPS) is 12.9. The first-order valence-electron chi connectivity index (χ1n) is 10.3. The third-order valence-corrected chi connectivity index (χ3v) is 8.61. The van der Waals surface area contributed by atoms with Crippen molar-refractivity contribution in [3.8, 4) is 0 Å². The number of hydrogen-bond donors (Lipinski definition) is 0. The Bertz CT molecular complexity index is 1300. The van der Waals surface area contributed by atoms with Crippen LogP contribution in [0.3, 0.4) is 0 Å². The maximum atomic E-state index is 12.9. The first-order chi connectivity index (χ1) is 15.1. The number of carbonyl (C=O) groups is 1. The summed E-state index contributed by atoms with van der Waals surface area (Å²) < 4.78 is 34.9. The zero-order valence-corrected chi connectivity index (χ0v) is 20.9. The van der Waals surface area contributed by atoms with Gasteiger partial charge in [0.1, 0.15) is 0 Å². The largest absolute Gasteiger partial charge is 0.383 e. The van der Waals surface area contributed by atoms with E-state index in [0.717, 1.165) is 21.3 Å². The van der Waals surface area contributed by atoms with E-state index < -0.39 is 15.9 Å². The summed E-state index contributed by atoms with van der Waals surface area (Å²) in [7, 11) is -0.428.